The lowest BCUT2D eigenvalue weighted by molar-refractivity contribution is -0.146. The summed E-state index contributed by atoms with van der Waals surface area (Å²) in [5.74, 6) is 0.607. The third-order valence-electron chi connectivity index (χ3n) is 3.09. The van der Waals surface area contributed by atoms with Gasteiger partial charge in [-0.05, 0) is 38.0 Å². The highest BCUT2D eigenvalue weighted by molar-refractivity contribution is 9.10. The molecule has 0 amide bonds. The maximum absolute atomic E-state index is 12.0. The number of halogens is 1. The lowest BCUT2D eigenvalue weighted by atomic mass is 9.95. The number of rotatable bonds is 4. The fourth-order valence-electron chi connectivity index (χ4n) is 2.03. The maximum Gasteiger partial charge on any atom is 0.316 e. The van der Waals surface area contributed by atoms with Gasteiger partial charge in [0.15, 0.2) is 0 Å². The molecule has 92 valence electrons. The van der Waals surface area contributed by atoms with Crippen LogP contribution in [0.3, 0.4) is 0 Å². The van der Waals surface area contributed by atoms with Gasteiger partial charge in [0.25, 0.3) is 0 Å². The van der Waals surface area contributed by atoms with Crippen molar-refractivity contribution in [2.45, 2.75) is 25.2 Å². The van der Waals surface area contributed by atoms with Gasteiger partial charge in [-0.3, -0.25) is 4.79 Å². The van der Waals surface area contributed by atoms with Crippen LogP contribution in [0.2, 0.25) is 0 Å². The van der Waals surface area contributed by atoms with Crippen molar-refractivity contribution in [3.8, 4) is 5.75 Å². The molecule has 3 nitrogen and oxygen atoms in total. The highest BCUT2D eigenvalue weighted by Gasteiger charge is 2.54. The zero-order valence-corrected chi connectivity index (χ0v) is 11.5. The van der Waals surface area contributed by atoms with Crippen molar-refractivity contribution in [1.29, 1.82) is 0 Å². The van der Waals surface area contributed by atoms with E-state index in [-0.39, 0.29) is 5.97 Å². The first-order valence-electron chi connectivity index (χ1n) is 5.65. The van der Waals surface area contributed by atoms with Crippen LogP contribution in [0.1, 0.15) is 25.3 Å². The minimum atomic E-state index is -0.481. The van der Waals surface area contributed by atoms with E-state index in [1.807, 2.05) is 25.1 Å². The van der Waals surface area contributed by atoms with E-state index in [1.165, 1.54) is 0 Å². The molecule has 1 aliphatic rings. The minimum absolute atomic E-state index is 0.142. The molecule has 4 heteroatoms. The van der Waals surface area contributed by atoms with E-state index >= 15 is 0 Å². The summed E-state index contributed by atoms with van der Waals surface area (Å²) < 4.78 is 11.4. The molecule has 0 atom stereocenters. The zero-order valence-electron chi connectivity index (χ0n) is 9.96. The number of esters is 1. The lowest BCUT2D eigenvalue weighted by Gasteiger charge is -2.17. The Morgan fingerprint density at radius 1 is 1.47 bits per heavy atom. The van der Waals surface area contributed by atoms with Crippen LogP contribution in [0, 0.1) is 0 Å². The van der Waals surface area contributed by atoms with Crippen LogP contribution in [-0.2, 0) is 14.9 Å². The standard InChI is InChI=1S/C13H15BrO3/c1-3-17-12(15)13(6-7-13)10-8-9(14)4-5-11(10)16-2/h4-5,8H,3,6-7H2,1-2H3. The molecular formula is C13H15BrO3. The van der Waals surface area contributed by atoms with E-state index in [9.17, 15) is 4.79 Å². The molecule has 1 saturated carbocycles. The molecule has 1 fully saturated rings. The van der Waals surface area contributed by atoms with Crippen LogP contribution < -0.4 is 4.74 Å². The summed E-state index contributed by atoms with van der Waals surface area (Å²) in [5.41, 5.74) is 0.443. The molecule has 1 aliphatic carbocycles. The number of benzene rings is 1. The Morgan fingerprint density at radius 2 is 2.18 bits per heavy atom. The predicted octanol–water partition coefficient (Wildman–Crippen LogP) is 3.05. The molecule has 0 heterocycles. The van der Waals surface area contributed by atoms with Gasteiger partial charge in [-0.1, -0.05) is 15.9 Å². The Kier molecular flexibility index (Phi) is 3.43. The molecule has 17 heavy (non-hydrogen) atoms. The first-order valence-corrected chi connectivity index (χ1v) is 6.44. The molecule has 1 aromatic rings. The number of carbonyl (C=O) groups is 1. The molecule has 0 aliphatic heterocycles. The van der Waals surface area contributed by atoms with Gasteiger partial charge in [-0.2, -0.15) is 0 Å². The van der Waals surface area contributed by atoms with E-state index in [0.29, 0.717) is 6.61 Å². The SMILES string of the molecule is CCOC(=O)C1(c2cc(Br)ccc2OC)CC1. The normalized spacial score (nSPS) is 16.4. The van der Waals surface area contributed by atoms with E-state index in [0.717, 1.165) is 28.6 Å². The van der Waals surface area contributed by atoms with Crippen LogP contribution in [0.25, 0.3) is 0 Å². The summed E-state index contributed by atoms with van der Waals surface area (Å²) >= 11 is 3.43. The van der Waals surface area contributed by atoms with Crippen molar-refractivity contribution in [3.05, 3.63) is 28.2 Å². The number of methoxy groups -OCH3 is 1. The molecule has 0 spiro atoms. The zero-order chi connectivity index (χ0) is 12.5. The van der Waals surface area contributed by atoms with Crippen molar-refractivity contribution in [3.63, 3.8) is 0 Å². The second-order valence-electron chi connectivity index (χ2n) is 4.15. The van der Waals surface area contributed by atoms with Crippen LogP contribution in [-0.4, -0.2) is 19.7 Å². The van der Waals surface area contributed by atoms with Gasteiger partial charge < -0.3 is 9.47 Å². The second kappa shape index (κ2) is 4.69. The summed E-state index contributed by atoms with van der Waals surface area (Å²) in [6.45, 7) is 2.24. The van der Waals surface area contributed by atoms with Gasteiger partial charge in [-0.15, -0.1) is 0 Å². The van der Waals surface area contributed by atoms with E-state index < -0.39 is 5.41 Å². The first kappa shape index (κ1) is 12.4. The minimum Gasteiger partial charge on any atom is -0.496 e. The Bertz CT molecular complexity index is 438. The quantitative estimate of drug-likeness (QED) is 0.802. The van der Waals surface area contributed by atoms with Gasteiger partial charge >= 0.3 is 5.97 Å². The van der Waals surface area contributed by atoms with Crippen molar-refractivity contribution in [2.24, 2.45) is 0 Å². The van der Waals surface area contributed by atoms with Gasteiger partial charge in [0.05, 0.1) is 19.1 Å². The van der Waals surface area contributed by atoms with Gasteiger partial charge in [0.2, 0.25) is 0 Å². The summed E-state index contributed by atoms with van der Waals surface area (Å²) in [4.78, 5) is 12.0. The average Bonchev–Trinajstić information content (AvgIpc) is 3.10. The first-order chi connectivity index (χ1) is 8.14. The predicted molar refractivity (Wildman–Crippen MR) is 68.2 cm³/mol. The molecule has 0 saturated heterocycles. The van der Waals surface area contributed by atoms with Crippen LogP contribution in [0.4, 0.5) is 0 Å². The van der Waals surface area contributed by atoms with E-state index in [4.69, 9.17) is 9.47 Å². The molecule has 0 unspecified atom stereocenters. The Hall–Kier alpha value is -1.03. The van der Waals surface area contributed by atoms with Gasteiger partial charge in [0, 0.05) is 10.0 Å². The summed E-state index contributed by atoms with van der Waals surface area (Å²) in [5, 5.41) is 0. The maximum atomic E-state index is 12.0. The number of ether oxygens (including phenoxy) is 2. The van der Waals surface area contributed by atoms with Crippen molar-refractivity contribution >= 4 is 21.9 Å². The van der Waals surface area contributed by atoms with E-state index in [2.05, 4.69) is 15.9 Å². The summed E-state index contributed by atoms with van der Waals surface area (Å²) in [6.07, 6.45) is 1.66. The van der Waals surface area contributed by atoms with Crippen LogP contribution in [0.5, 0.6) is 5.75 Å². The topological polar surface area (TPSA) is 35.5 Å². The molecule has 0 aromatic heterocycles. The van der Waals surface area contributed by atoms with Crippen molar-refractivity contribution in [2.75, 3.05) is 13.7 Å². The lowest BCUT2D eigenvalue weighted by Crippen LogP contribution is -2.23. The fourth-order valence-corrected chi connectivity index (χ4v) is 2.39. The third kappa shape index (κ3) is 2.18. The highest BCUT2D eigenvalue weighted by Crippen LogP contribution is 2.52. The molecular weight excluding hydrogens is 284 g/mol. The monoisotopic (exact) mass is 298 g/mol. The smallest absolute Gasteiger partial charge is 0.316 e. The van der Waals surface area contributed by atoms with Crippen LogP contribution in [0.15, 0.2) is 22.7 Å². The second-order valence-corrected chi connectivity index (χ2v) is 5.06. The van der Waals surface area contributed by atoms with Crippen molar-refractivity contribution in [1.82, 2.24) is 0 Å². The molecule has 0 radical (unpaired) electrons. The molecule has 0 N–H and O–H groups in total. The Balaban J connectivity index is 2.39. The number of hydrogen-bond donors (Lipinski definition) is 0. The third-order valence-corrected chi connectivity index (χ3v) is 3.59. The number of hydrogen-bond acceptors (Lipinski definition) is 3. The summed E-state index contributed by atoms with van der Waals surface area (Å²) in [7, 11) is 1.62. The van der Waals surface area contributed by atoms with Gasteiger partial charge in [0.1, 0.15) is 5.75 Å². The fraction of sp³-hybridized carbons (Fsp3) is 0.462. The van der Waals surface area contributed by atoms with Crippen LogP contribution >= 0.6 is 15.9 Å². The average molecular weight is 299 g/mol. The Morgan fingerprint density at radius 3 is 2.71 bits per heavy atom. The van der Waals surface area contributed by atoms with Gasteiger partial charge in [-0.25, -0.2) is 0 Å². The molecule has 0 bridgehead atoms. The Labute approximate surface area is 109 Å². The number of carbonyl (C=O) groups excluding carboxylic acids is 1. The highest BCUT2D eigenvalue weighted by atomic mass is 79.9. The largest absolute Gasteiger partial charge is 0.496 e. The molecule has 2 rings (SSSR count). The van der Waals surface area contributed by atoms with Crippen molar-refractivity contribution < 1.29 is 14.3 Å². The summed E-state index contributed by atoms with van der Waals surface area (Å²) in [6, 6.07) is 5.73. The van der Waals surface area contributed by atoms with E-state index in [1.54, 1.807) is 7.11 Å². The molecule has 1 aromatic carbocycles.